The van der Waals surface area contributed by atoms with E-state index >= 15 is 0 Å². The van der Waals surface area contributed by atoms with E-state index in [0.717, 1.165) is 11.3 Å². The average molecular weight is 227 g/mol. The van der Waals surface area contributed by atoms with Gasteiger partial charge in [-0.1, -0.05) is 55.5 Å². The van der Waals surface area contributed by atoms with Gasteiger partial charge in [-0.2, -0.15) is 0 Å². The molecule has 2 N–H and O–H groups in total. The molecule has 0 aromatic heterocycles. The Kier molecular flexibility index (Phi) is 3.45. The van der Waals surface area contributed by atoms with E-state index in [-0.39, 0.29) is 0 Å². The highest BCUT2D eigenvalue weighted by atomic mass is 16.5. The van der Waals surface area contributed by atoms with Crippen molar-refractivity contribution in [3.05, 3.63) is 66.2 Å². The lowest BCUT2D eigenvalue weighted by Gasteiger charge is -2.29. The van der Waals surface area contributed by atoms with Gasteiger partial charge in [-0.25, -0.2) is 0 Å². The van der Waals surface area contributed by atoms with Gasteiger partial charge in [0.2, 0.25) is 0 Å². The minimum absolute atomic E-state index is 0.714. The minimum Gasteiger partial charge on any atom is -0.469 e. The highest BCUT2D eigenvalue weighted by Crippen LogP contribution is 2.26. The van der Waals surface area contributed by atoms with E-state index in [2.05, 4.69) is 0 Å². The average Bonchev–Trinajstić information content (AvgIpc) is 2.41. The molecule has 0 saturated heterocycles. The number of benzene rings is 2. The molecule has 0 aliphatic heterocycles. The summed E-state index contributed by atoms with van der Waals surface area (Å²) in [6.45, 7) is 2.02. The van der Waals surface area contributed by atoms with Crippen LogP contribution in [0.5, 0.6) is 5.75 Å². The van der Waals surface area contributed by atoms with Gasteiger partial charge < -0.3 is 4.74 Å². The molecule has 0 aliphatic carbocycles. The molecule has 0 heterocycles. The molecule has 17 heavy (non-hydrogen) atoms. The maximum atomic E-state index is 6.33. The van der Waals surface area contributed by atoms with E-state index in [4.69, 9.17) is 10.5 Å². The molecule has 88 valence electrons. The van der Waals surface area contributed by atoms with E-state index < -0.39 is 5.72 Å². The Morgan fingerprint density at radius 1 is 0.941 bits per heavy atom. The molecule has 2 heteroatoms. The third-order valence-electron chi connectivity index (χ3n) is 2.83. The van der Waals surface area contributed by atoms with E-state index in [1.807, 2.05) is 67.6 Å². The molecule has 0 radical (unpaired) electrons. The fraction of sp³-hybridized carbons (Fsp3) is 0.200. The van der Waals surface area contributed by atoms with Crippen LogP contribution in [0.15, 0.2) is 60.7 Å². The lowest BCUT2D eigenvalue weighted by molar-refractivity contribution is 0.0689. The summed E-state index contributed by atoms with van der Waals surface area (Å²) in [5.41, 5.74) is 6.56. The Labute approximate surface area is 102 Å². The summed E-state index contributed by atoms with van der Waals surface area (Å²) in [7, 11) is 0. The molecule has 0 fully saturated rings. The maximum absolute atomic E-state index is 6.33. The molecule has 0 aliphatic rings. The van der Waals surface area contributed by atoms with Crippen LogP contribution in [0.4, 0.5) is 0 Å². The Bertz CT molecular complexity index is 455. The monoisotopic (exact) mass is 227 g/mol. The van der Waals surface area contributed by atoms with Crippen LogP contribution >= 0.6 is 0 Å². The van der Waals surface area contributed by atoms with Crippen molar-refractivity contribution in [3.8, 4) is 5.75 Å². The number of hydrogen-bond donors (Lipinski definition) is 1. The normalized spacial score (nSPS) is 14.0. The predicted octanol–water partition coefficient (Wildman–Crippen LogP) is 3.29. The zero-order chi connectivity index (χ0) is 12.1. The fourth-order valence-electron chi connectivity index (χ4n) is 1.75. The molecule has 1 unspecified atom stereocenters. The number of rotatable bonds is 4. The number of hydrogen-bond acceptors (Lipinski definition) is 2. The molecular formula is C15H17NO. The zero-order valence-corrected chi connectivity index (χ0v) is 9.97. The highest BCUT2D eigenvalue weighted by Gasteiger charge is 2.27. The van der Waals surface area contributed by atoms with Crippen molar-refractivity contribution < 1.29 is 4.74 Å². The number of nitrogens with two attached hydrogens (primary N) is 1. The molecule has 0 bridgehead atoms. The van der Waals surface area contributed by atoms with Crippen LogP contribution < -0.4 is 10.5 Å². The van der Waals surface area contributed by atoms with Crippen molar-refractivity contribution in [2.45, 2.75) is 19.1 Å². The summed E-state index contributed by atoms with van der Waals surface area (Å²) < 4.78 is 5.91. The van der Waals surface area contributed by atoms with E-state index in [1.165, 1.54) is 0 Å². The van der Waals surface area contributed by atoms with Crippen LogP contribution in [0.2, 0.25) is 0 Å². The maximum Gasteiger partial charge on any atom is 0.184 e. The summed E-state index contributed by atoms with van der Waals surface area (Å²) in [6, 6.07) is 19.6. The van der Waals surface area contributed by atoms with E-state index in [1.54, 1.807) is 0 Å². The first kappa shape index (κ1) is 11.7. The second-order valence-corrected chi connectivity index (χ2v) is 4.02. The molecule has 2 aromatic rings. The molecule has 2 aromatic carbocycles. The Hall–Kier alpha value is -1.80. The summed E-state index contributed by atoms with van der Waals surface area (Å²) in [4.78, 5) is 0. The summed E-state index contributed by atoms with van der Waals surface area (Å²) in [5, 5.41) is 0. The van der Waals surface area contributed by atoms with Crippen LogP contribution in [-0.2, 0) is 5.72 Å². The van der Waals surface area contributed by atoms with Crippen LogP contribution in [-0.4, -0.2) is 0 Å². The van der Waals surface area contributed by atoms with Crippen LogP contribution in [0.3, 0.4) is 0 Å². The van der Waals surface area contributed by atoms with Gasteiger partial charge in [-0.3, -0.25) is 5.73 Å². The third-order valence-corrected chi connectivity index (χ3v) is 2.83. The van der Waals surface area contributed by atoms with Crippen molar-refractivity contribution in [2.24, 2.45) is 5.73 Å². The van der Waals surface area contributed by atoms with Crippen LogP contribution in [0, 0.1) is 0 Å². The molecule has 0 spiro atoms. The number of para-hydroxylation sites is 1. The molecule has 1 atom stereocenters. The van der Waals surface area contributed by atoms with Crippen molar-refractivity contribution in [3.63, 3.8) is 0 Å². The van der Waals surface area contributed by atoms with Crippen molar-refractivity contribution in [1.82, 2.24) is 0 Å². The topological polar surface area (TPSA) is 35.2 Å². The summed E-state index contributed by atoms with van der Waals surface area (Å²) >= 11 is 0. The Morgan fingerprint density at radius 2 is 1.47 bits per heavy atom. The second-order valence-electron chi connectivity index (χ2n) is 4.02. The van der Waals surface area contributed by atoms with Gasteiger partial charge >= 0.3 is 0 Å². The first-order valence-electron chi connectivity index (χ1n) is 5.83. The fourth-order valence-corrected chi connectivity index (χ4v) is 1.75. The SMILES string of the molecule is CCC(N)(Oc1ccccc1)c1ccccc1. The molecule has 2 rings (SSSR count). The smallest absolute Gasteiger partial charge is 0.184 e. The Morgan fingerprint density at radius 3 is 2.00 bits per heavy atom. The lowest BCUT2D eigenvalue weighted by Crippen LogP contribution is -2.42. The van der Waals surface area contributed by atoms with Gasteiger partial charge in [0.15, 0.2) is 5.72 Å². The van der Waals surface area contributed by atoms with Gasteiger partial charge in [0, 0.05) is 12.0 Å². The first-order valence-corrected chi connectivity index (χ1v) is 5.83. The van der Waals surface area contributed by atoms with Crippen molar-refractivity contribution >= 4 is 0 Å². The second kappa shape index (κ2) is 5.02. The number of ether oxygens (including phenoxy) is 1. The van der Waals surface area contributed by atoms with Crippen LogP contribution in [0.1, 0.15) is 18.9 Å². The zero-order valence-electron chi connectivity index (χ0n) is 9.97. The highest BCUT2D eigenvalue weighted by molar-refractivity contribution is 5.26. The quantitative estimate of drug-likeness (QED) is 0.813. The summed E-state index contributed by atoms with van der Waals surface area (Å²) in [6.07, 6.45) is 0.714. The molecule has 0 amide bonds. The molecule has 0 saturated carbocycles. The van der Waals surface area contributed by atoms with Gasteiger partial charge in [0.25, 0.3) is 0 Å². The van der Waals surface area contributed by atoms with E-state index in [0.29, 0.717) is 6.42 Å². The standard InChI is InChI=1S/C15H17NO/c1-2-15(16,13-9-5-3-6-10-13)17-14-11-7-4-8-12-14/h3-12H,2,16H2,1H3. The largest absolute Gasteiger partial charge is 0.469 e. The first-order chi connectivity index (χ1) is 8.24. The van der Waals surface area contributed by atoms with Gasteiger partial charge in [-0.15, -0.1) is 0 Å². The van der Waals surface area contributed by atoms with Crippen LogP contribution in [0.25, 0.3) is 0 Å². The lowest BCUT2D eigenvalue weighted by atomic mass is 10.0. The van der Waals surface area contributed by atoms with Crippen molar-refractivity contribution in [1.29, 1.82) is 0 Å². The van der Waals surface area contributed by atoms with Gasteiger partial charge in [-0.05, 0) is 12.1 Å². The minimum atomic E-state index is -0.761. The third kappa shape index (κ3) is 2.66. The Balaban J connectivity index is 2.27. The van der Waals surface area contributed by atoms with Crippen molar-refractivity contribution in [2.75, 3.05) is 0 Å². The van der Waals surface area contributed by atoms with E-state index in [9.17, 15) is 0 Å². The summed E-state index contributed by atoms with van der Waals surface area (Å²) in [5.74, 6) is 0.792. The van der Waals surface area contributed by atoms with Gasteiger partial charge in [0.1, 0.15) is 5.75 Å². The van der Waals surface area contributed by atoms with Gasteiger partial charge in [0.05, 0.1) is 0 Å². The predicted molar refractivity (Wildman–Crippen MR) is 69.7 cm³/mol. The molecule has 2 nitrogen and oxygen atoms in total. The molecular weight excluding hydrogens is 210 g/mol.